The van der Waals surface area contributed by atoms with Crippen LogP contribution in [0.4, 0.5) is 17.1 Å². The second-order valence-electron chi connectivity index (χ2n) is 22.2. The molecule has 6 aromatic heterocycles. The number of hydrogen-bond acceptors (Lipinski definition) is 10. The molecule has 19 heteroatoms. The molecule has 0 amide bonds. The minimum Gasteiger partial charge on any atom is -0.321 e. The van der Waals surface area contributed by atoms with Crippen LogP contribution >= 0.6 is 0 Å². The average molecular weight is 1120 g/mol. The van der Waals surface area contributed by atoms with Gasteiger partial charge < -0.3 is 18.6 Å². The summed E-state index contributed by atoms with van der Waals surface area (Å²) in [6.45, 7) is 7.58. The average Bonchev–Trinajstić information content (AvgIpc) is 3.10. The van der Waals surface area contributed by atoms with Crippen LogP contribution in [0.5, 0.6) is 0 Å². The molecule has 3 aromatic carbocycles. The summed E-state index contributed by atoms with van der Waals surface area (Å²) in [5.41, 5.74) is 4.44. The van der Waals surface area contributed by atoms with Gasteiger partial charge in [-0.15, -0.1) is 0 Å². The summed E-state index contributed by atoms with van der Waals surface area (Å²) in [4.78, 5) is 99.5. The van der Waals surface area contributed by atoms with Crippen LogP contribution in [0, 0.1) is 0 Å². The van der Waals surface area contributed by atoms with E-state index < -0.39 is 0 Å². The Kier molecular flexibility index (Phi) is 18.4. The Morgan fingerprint density at radius 3 is 0.793 bits per heavy atom. The molecule has 0 bridgehead atoms. The molecular formula is C63H81N13O6. The van der Waals surface area contributed by atoms with Crippen LogP contribution in [0.15, 0.2) is 102 Å². The lowest BCUT2D eigenvalue weighted by Crippen LogP contribution is -2.39. The van der Waals surface area contributed by atoms with Gasteiger partial charge >= 0.3 is 17.1 Å². The number of unbranched alkanes of at least 4 members (excludes halogenated alkanes) is 15. The Balaban J connectivity index is 1.07. The lowest BCUT2D eigenvalue weighted by Gasteiger charge is -2.26. The summed E-state index contributed by atoms with van der Waals surface area (Å²) >= 11 is 0. The first-order valence-corrected chi connectivity index (χ1v) is 29.7. The van der Waals surface area contributed by atoms with Crippen molar-refractivity contribution < 1.29 is 0 Å². The van der Waals surface area contributed by atoms with Crippen LogP contribution in [0.1, 0.15) is 136 Å². The zero-order valence-electron chi connectivity index (χ0n) is 49.5. The molecule has 0 aliphatic carbocycles. The lowest BCUT2D eigenvalue weighted by molar-refractivity contribution is 0.526. The Morgan fingerprint density at radius 2 is 0.549 bits per heavy atom. The summed E-state index contributed by atoms with van der Waals surface area (Å²) in [5.74, 6) is 1.61. The molecule has 0 aliphatic heterocycles. The molecule has 0 radical (unpaired) electrons. The molecule has 9 aromatic rings. The molecule has 19 nitrogen and oxygen atoms in total. The van der Waals surface area contributed by atoms with Gasteiger partial charge in [-0.25, -0.2) is 29.3 Å². The Labute approximate surface area is 477 Å². The molecule has 0 spiro atoms. The Morgan fingerprint density at radius 1 is 0.317 bits per heavy atom. The molecule has 0 unspecified atom stereocenters. The molecule has 0 fully saturated rings. The molecule has 82 heavy (non-hydrogen) atoms. The highest BCUT2D eigenvalue weighted by atomic mass is 16.2. The maximum atomic E-state index is 14.0. The van der Waals surface area contributed by atoms with Gasteiger partial charge in [-0.1, -0.05) is 117 Å². The van der Waals surface area contributed by atoms with Crippen LogP contribution in [0.25, 0.3) is 67.7 Å². The maximum absolute atomic E-state index is 14.0. The van der Waals surface area contributed by atoms with Crippen LogP contribution in [0.3, 0.4) is 0 Å². The van der Waals surface area contributed by atoms with Crippen molar-refractivity contribution in [3.63, 3.8) is 0 Å². The van der Waals surface area contributed by atoms with Gasteiger partial charge in [0.25, 0.3) is 16.7 Å². The fourth-order valence-corrected chi connectivity index (χ4v) is 11.6. The van der Waals surface area contributed by atoms with E-state index in [1.807, 2.05) is 93.9 Å². The maximum Gasteiger partial charge on any atom is 0.332 e. The predicted molar refractivity (Wildman–Crippen MR) is 329 cm³/mol. The molecule has 434 valence electrons. The summed E-state index contributed by atoms with van der Waals surface area (Å²) in [7, 11) is 10.4. The fourth-order valence-electron chi connectivity index (χ4n) is 11.6. The number of hydrogen-bond donors (Lipinski definition) is 0. The first kappa shape index (κ1) is 58.6. The summed E-state index contributed by atoms with van der Waals surface area (Å²) in [5, 5.41) is 0. The zero-order chi connectivity index (χ0) is 58.4. The van der Waals surface area contributed by atoms with Crippen molar-refractivity contribution in [2.24, 2.45) is 42.3 Å². The first-order chi connectivity index (χ1) is 39.6. The van der Waals surface area contributed by atoms with E-state index in [-0.39, 0.29) is 33.7 Å². The van der Waals surface area contributed by atoms with Crippen molar-refractivity contribution in [1.29, 1.82) is 0 Å². The molecule has 0 aliphatic rings. The van der Waals surface area contributed by atoms with E-state index in [1.54, 1.807) is 34.8 Å². The number of nitrogens with zero attached hydrogens (tertiary/aromatic N) is 13. The van der Waals surface area contributed by atoms with Gasteiger partial charge in [0.1, 0.15) is 17.5 Å². The molecule has 0 saturated heterocycles. The minimum absolute atomic E-state index is 0.320. The largest absolute Gasteiger partial charge is 0.332 e. The topological polar surface area (TPSA) is 189 Å². The molecule has 6 heterocycles. The number of imidazole rings is 3. The van der Waals surface area contributed by atoms with Crippen LogP contribution < -0.4 is 38.6 Å². The van der Waals surface area contributed by atoms with Gasteiger partial charge in [0.15, 0.2) is 33.5 Å². The third-order valence-corrected chi connectivity index (χ3v) is 16.4. The molecule has 0 atom stereocenters. The van der Waals surface area contributed by atoms with E-state index in [9.17, 15) is 28.8 Å². The summed E-state index contributed by atoms with van der Waals surface area (Å²) in [6, 6.07) is 23.6. The summed E-state index contributed by atoms with van der Waals surface area (Å²) < 4.78 is 13.7. The van der Waals surface area contributed by atoms with Crippen molar-refractivity contribution >= 4 is 50.6 Å². The predicted octanol–water partition coefficient (Wildman–Crippen LogP) is 10.5. The second kappa shape index (κ2) is 25.8. The van der Waals surface area contributed by atoms with Gasteiger partial charge in [0, 0.05) is 95.7 Å². The number of anilines is 3. The third-order valence-electron chi connectivity index (χ3n) is 16.4. The standard InChI is InChI=1S/C63H81N13O6/c1-10-13-16-19-22-25-40-73-58(77)49-55(70(7)61(73)80)64-52(67(49)4)43-28-34-46(35-29-43)76(47-36-30-44(31-37-47)53-65-56-50(68(53)5)59(78)74(62(81)71(56)8)41-26-23-20-17-14-11-2)48-38-32-45(33-39-48)54-66-57-51(69(54)6)60(79)75(63(82)72(57)9)42-27-24-21-18-15-12-3/h28-39H,10-27,40-42H2,1-9H3. The quantitative estimate of drug-likeness (QED) is 0.0448. The van der Waals surface area contributed by atoms with Crippen molar-refractivity contribution in [3.05, 3.63) is 135 Å². The monoisotopic (exact) mass is 1120 g/mol. The van der Waals surface area contributed by atoms with Gasteiger partial charge in [0.05, 0.1) is 0 Å². The third kappa shape index (κ3) is 11.4. The van der Waals surface area contributed by atoms with Crippen LogP contribution in [0.2, 0.25) is 0 Å². The van der Waals surface area contributed by atoms with E-state index >= 15 is 0 Å². The van der Waals surface area contributed by atoms with Gasteiger partial charge in [-0.3, -0.25) is 41.8 Å². The Bertz CT molecular complexity index is 3680. The smallest absolute Gasteiger partial charge is 0.321 e. The van der Waals surface area contributed by atoms with Gasteiger partial charge in [-0.2, -0.15) is 0 Å². The summed E-state index contributed by atoms with van der Waals surface area (Å²) in [6.07, 6.45) is 18.7. The number of benzene rings is 3. The van der Waals surface area contributed by atoms with E-state index in [4.69, 9.17) is 15.0 Å². The lowest BCUT2D eigenvalue weighted by atomic mass is 10.1. The number of rotatable bonds is 27. The van der Waals surface area contributed by atoms with Crippen molar-refractivity contribution in [2.75, 3.05) is 4.90 Å². The Hall–Kier alpha value is -8.09. The first-order valence-electron chi connectivity index (χ1n) is 29.7. The van der Waals surface area contributed by atoms with Crippen LogP contribution in [-0.2, 0) is 61.9 Å². The SMILES string of the molecule is CCCCCCCCn1c(=O)c2c(nc(-c3ccc(N(c4ccc(-c5nc6c(c(=O)n(CCCCCCCC)c(=O)n6C)n5C)cc4)c4ccc(-c5nc6c(c(=O)n(CCCCCCCC)c(=O)n6C)n5C)cc4)cc3)n2C)n(C)c1=O. The van der Waals surface area contributed by atoms with Gasteiger partial charge in [-0.05, 0) is 92.1 Å². The zero-order valence-corrected chi connectivity index (χ0v) is 49.5. The molecule has 0 saturated carbocycles. The van der Waals surface area contributed by atoms with Crippen molar-refractivity contribution in [1.82, 2.24) is 56.1 Å². The molecular weight excluding hydrogens is 1030 g/mol. The fraction of sp³-hybridized carbons (Fsp3) is 0.476. The highest BCUT2D eigenvalue weighted by molar-refractivity contribution is 5.83. The van der Waals surface area contributed by atoms with Gasteiger partial charge in [0.2, 0.25) is 0 Å². The highest BCUT2D eigenvalue weighted by Crippen LogP contribution is 2.38. The van der Waals surface area contributed by atoms with E-state index in [1.165, 1.54) is 46.7 Å². The van der Waals surface area contributed by atoms with Crippen molar-refractivity contribution in [3.8, 4) is 34.2 Å². The van der Waals surface area contributed by atoms with Crippen LogP contribution in [-0.4, -0.2) is 56.1 Å². The number of aromatic nitrogens is 12. The second-order valence-corrected chi connectivity index (χ2v) is 22.2. The minimum atomic E-state index is -0.383. The molecule has 0 N–H and O–H groups in total. The molecule has 9 rings (SSSR count). The number of fused-ring (bicyclic) bond motifs is 3. The highest BCUT2D eigenvalue weighted by Gasteiger charge is 2.24. The van der Waals surface area contributed by atoms with E-state index in [0.29, 0.717) is 70.6 Å². The van der Waals surface area contributed by atoms with E-state index in [2.05, 4.69) is 25.7 Å². The van der Waals surface area contributed by atoms with E-state index in [0.717, 1.165) is 130 Å². The normalized spacial score (nSPS) is 11.8. The van der Waals surface area contributed by atoms with Crippen molar-refractivity contribution in [2.45, 2.75) is 156 Å². The number of aryl methyl sites for hydroxylation is 6.